The lowest BCUT2D eigenvalue weighted by Crippen LogP contribution is -2.53. The standard InChI is InChI=1S/C21H29N5O2.HI/c1-16-6-4-8-19(17(16)2)25-9-11-26(12-10-25)21(22-3)24-15-20(27)23-14-18-7-5-13-28-18;/h4-8,13H,9-12,14-15H2,1-3H3,(H,22,24)(H,23,27);1H. The predicted octanol–water partition coefficient (Wildman–Crippen LogP) is 2.53. The SMILES string of the molecule is CN=C(NCC(=O)NCc1ccco1)N1CCN(c2cccc(C)c2C)CC1.I. The van der Waals surface area contributed by atoms with Gasteiger partial charge in [0.05, 0.1) is 19.4 Å². The molecule has 1 aromatic carbocycles. The van der Waals surface area contributed by atoms with E-state index in [1.165, 1.54) is 16.8 Å². The molecule has 7 nitrogen and oxygen atoms in total. The number of aryl methyl sites for hydroxylation is 1. The molecule has 0 aliphatic carbocycles. The third kappa shape index (κ3) is 6.12. The summed E-state index contributed by atoms with van der Waals surface area (Å²) >= 11 is 0. The number of nitrogens with zero attached hydrogens (tertiary/aromatic N) is 3. The minimum Gasteiger partial charge on any atom is -0.467 e. The Hall–Kier alpha value is -2.23. The summed E-state index contributed by atoms with van der Waals surface area (Å²) in [7, 11) is 1.75. The minimum atomic E-state index is -0.0911. The number of rotatable bonds is 5. The molecule has 0 atom stereocenters. The Morgan fingerprint density at radius 1 is 1.10 bits per heavy atom. The lowest BCUT2D eigenvalue weighted by atomic mass is 10.1. The van der Waals surface area contributed by atoms with E-state index in [1.807, 2.05) is 6.07 Å². The molecule has 0 radical (unpaired) electrons. The van der Waals surface area contributed by atoms with Crippen LogP contribution in [0.25, 0.3) is 0 Å². The van der Waals surface area contributed by atoms with Crippen molar-refractivity contribution in [3.63, 3.8) is 0 Å². The Morgan fingerprint density at radius 2 is 1.86 bits per heavy atom. The Morgan fingerprint density at radius 3 is 2.52 bits per heavy atom. The van der Waals surface area contributed by atoms with E-state index < -0.39 is 0 Å². The van der Waals surface area contributed by atoms with Crippen molar-refractivity contribution in [1.29, 1.82) is 0 Å². The number of hydrogen-bond donors (Lipinski definition) is 2. The maximum atomic E-state index is 12.1. The first-order chi connectivity index (χ1) is 13.6. The van der Waals surface area contributed by atoms with Crippen LogP contribution in [0.1, 0.15) is 16.9 Å². The minimum absolute atomic E-state index is 0. The van der Waals surface area contributed by atoms with Crippen LogP contribution >= 0.6 is 24.0 Å². The van der Waals surface area contributed by atoms with Gasteiger partial charge in [0.15, 0.2) is 5.96 Å². The van der Waals surface area contributed by atoms with Crippen LogP contribution in [-0.4, -0.2) is 56.5 Å². The molecule has 0 saturated carbocycles. The number of benzene rings is 1. The van der Waals surface area contributed by atoms with E-state index in [0.717, 1.165) is 37.9 Å². The van der Waals surface area contributed by atoms with Crippen molar-refractivity contribution in [2.75, 3.05) is 44.7 Å². The van der Waals surface area contributed by atoms with Gasteiger partial charge in [-0.1, -0.05) is 12.1 Å². The molecule has 29 heavy (non-hydrogen) atoms. The van der Waals surface area contributed by atoms with E-state index in [2.05, 4.69) is 57.5 Å². The monoisotopic (exact) mass is 511 g/mol. The van der Waals surface area contributed by atoms with E-state index in [-0.39, 0.29) is 36.4 Å². The van der Waals surface area contributed by atoms with Crippen molar-refractivity contribution in [3.8, 4) is 0 Å². The van der Waals surface area contributed by atoms with E-state index in [4.69, 9.17) is 4.42 Å². The van der Waals surface area contributed by atoms with Crippen LogP contribution < -0.4 is 15.5 Å². The number of halogens is 1. The number of piperazine rings is 1. The summed E-state index contributed by atoms with van der Waals surface area (Å²) < 4.78 is 5.22. The molecule has 0 spiro atoms. The second kappa shape index (κ2) is 11.1. The number of guanidine groups is 1. The molecule has 2 aromatic rings. The van der Waals surface area contributed by atoms with Crippen LogP contribution in [0.5, 0.6) is 0 Å². The van der Waals surface area contributed by atoms with Crippen molar-refractivity contribution < 1.29 is 9.21 Å². The molecule has 0 unspecified atom stereocenters. The molecule has 2 N–H and O–H groups in total. The van der Waals surface area contributed by atoms with Gasteiger partial charge in [-0.05, 0) is 43.2 Å². The van der Waals surface area contributed by atoms with Crippen LogP contribution in [0.3, 0.4) is 0 Å². The number of furan rings is 1. The summed E-state index contributed by atoms with van der Waals surface area (Å²) in [5.41, 5.74) is 3.96. The first-order valence-electron chi connectivity index (χ1n) is 9.64. The van der Waals surface area contributed by atoms with Gasteiger partial charge >= 0.3 is 0 Å². The van der Waals surface area contributed by atoms with Gasteiger partial charge in [0.2, 0.25) is 5.91 Å². The van der Waals surface area contributed by atoms with Gasteiger partial charge in [-0.25, -0.2) is 0 Å². The molecule has 0 bridgehead atoms. The van der Waals surface area contributed by atoms with Gasteiger partial charge in [-0.15, -0.1) is 24.0 Å². The highest BCUT2D eigenvalue weighted by atomic mass is 127. The number of carbonyl (C=O) groups excluding carboxylic acids is 1. The van der Waals surface area contributed by atoms with E-state index in [0.29, 0.717) is 6.54 Å². The summed E-state index contributed by atoms with van der Waals surface area (Å²) in [5.74, 6) is 1.40. The second-order valence-electron chi connectivity index (χ2n) is 6.95. The van der Waals surface area contributed by atoms with Gasteiger partial charge in [-0.2, -0.15) is 0 Å². The number of hydrogen-bond acceptors (Lipinski definition) is 4. The summed E-state index contributed by atoms with van der Waals surface area (Å²) in [5, 5.41) is 5.99. The normalized spacial score (nSPS) is 14.4. The molecule has 3 rings (SSSR count). The number of carbonyl (C=O) groups is 1. The summed E-state index contributed by atoms with van der Waals surface area (Å²) in [6.45, 7) is 8.48. The maximum absolute atomic E-state index is 12.1. The Balaban J connectivity index is 0.00000300. The number of anilines is 1. The zero-order chi connectivity index (χ0) is 19.9. The van der Waals surface area contributed by atoms with E-state index >= 15 is 0 Å². The Labute approximate surface area is 189 Å². The first-order valence-corrected chi connectivity index (χ1v) is 9.64. The average molecular weight is 511 g/mol. The average Bonchev–Trinajstić information content (AvgIpc) is 3.23. The largest absolute Gasteiger partial charge is 0.467 e. The zero-order valence-corrected chi connectivity index (χ0v) is 19.6. The number of nitrogens with one attached hydrogen (secondary N) is 2. The first kappa shape index (κ1) is 23.1. The molecular formula is C21H30IN5O2. The second-order valence-corrected chi connectivity index (χ2v) is 6.95. The molecule has 1 amide bonds. The fourth-order valence-corrected chi connectivity index (χ4v) is 3.39. The summed E-state index contributed by atoms with van der Waals surface area (Å²) in [6.07, 6.45) is 1.60. The van der Waals surface area contributed by atoms with Crippen LogP contribution in [0.15, 0.2) is 46.0 Å². The molecular weight excluding hydrogens is 481 g/mol. The van der Waals surface area contributed by atoms with Gasteiger partial charge < -0.3 is 24.9 Å². The summed E-state index contributed by atoms with van der Waals surface area (Å²) in [6, 6.07) is 10.1. The number of amides is 1. The lowest BCUT2D eigenvalue weighted by Gasteiger charge is -2.38. The van der Waals surface area contributed by atoms with Crippen LogP contribution in [0.2, 0.25) is 0 Å². The predicted molar refractivity (Wildman–Crippen MR) is 127 cm³/mol. The Kier molecular flexibility index (Phi) is 8.81. The topological polar surface area (TPSA) is 73.1 Å². The van der Waals surface area contributed by atoms with Crippen molar-refractivity contribution in [2.24, 2.45) is 4.99 Å². The lowest BCUT2D eigenvalue weighted by molar-refractivity contribution is -0.120. The molecule has 1 fully saturated rings. The fraction of sp³-hybridized carbons (Fsp3) is 0.429. The van der Waals surface area contributed by atoms with Crippen molar-refractivity contribution >= 4 is 41.5 Å². The van der Waals surface area contributed by atoms with Crippen LogP contribution in [0, 0.1) is 13.8 Å². The molecule has 1 aliphatic heterocycles. The third-order valence-corrected chi connectivity index (χ3v) is 5.15. The Bertz CT molecular complexity index is 814. The molecule has 2 heterocycles. The van der Waals surface area contributed by atoms with Crippen LogP contribution in [-0.2, 0) is 11.3 Å². The van der Waals surface area contributed by atoms with Crippen molar-refractivity contribution in [1.82, 2.24) is 15.5 Å². The third-order valence-electron chi connectivity index (χ3n) is 5.15. The quantitative estimate of drug-likeness (QED) is 0.367. The van der Waals surface area contributed by atoms with Gasteiger partial charge in [0.1, 0.15) is 5.76 Å². The highest BCUT2D eigenvalue weighted by molar-refractivity contribution is 14.0. The molecule has 1 aromatic heterocycles. The summed E-state index contributed by atoms with van der Waals surface area (Å²) in [4.78, 5) is 21.0. The van der Waals surface area contributed by atoms with Gasteiger partial charge in [-0.3, -0.25) is 9.79 Å². The highest BCUT2D eigenvalue weighted by Gasteiger charge is 2.21. The highest BCUT2D eigenvalue weighted by Crippen LogP contribution is 2.23. The van der Waals surface area contributed by atoms with E-state index in [1.54, 1.807) is 19.4 Å². The van der Waals surface area contributed by atoms with Crippen molar-refractivity contribution in [2.45, 2.75) is 20.4 Å². The molecule has 8 heteroatoms. The molecule has 1 aliphatic rings. The molecule has 158 valence electrons. The van der Waals surface area contributed by atoms with Crippen LogP contribution in [0.4, 0.5) is 5.69 Å². The van der Waals surface area contributed by atoms with E-state index in [9.17, 15) is 4.79 Å². The maximum Gasteiger partial charge on any atom is 0.239 e. The number of aliphatic imine (C=N–C) groups is 1. The molecule has 1 saturated heterocycles. The fourth-order valence-electron chi connectivity index (χ4n) is 3.39. The van der Waals surface area contributed by atoms with Gasteiger partial charge in [0, 0.05) is 38.9 Å². The van der Waals surface area contributed by atoms with Gasteiger partial charge in [0.25, 0.3) is 0 Å². The smallest absolute Gasteiger partial charge is 0.239 e. The van der Waals surface area contributed by atoms with Crippen molar-refractivity contribution in [3.05, 3.63) is 53.5 Å². The zero-order valence-electron chi connectivity index (χ0n) is 17.3.